The Kier molecular flexibility index (Phi) is 4.71. The van der Waals surface area contributed by atoms with E-state index in [2.05, 4.69) is 0 Å². The zero-order chi connectivity index (χ0) is 15.6. The van der Waals surface area contributed by atoms with Gasteiger partial charge in [0.2, 0.25) is 0 Å². The Balaban J connectivity index is 2.21. The Morgan fingerprint density at radius 2 is 2.10 bits per heavy atom. The van der Waals surface area contributed by atoms with Crippen molar-refractivity contribution in [1.29, 1.82) is 0 Å². The Morgan fingerprint density at radius 1 is 1.43 bits per heavy atom. The number of phenols is 1. The fourth-order valence-electron chi connectivity index (χ4n) is 2.30. The molecule has 0 atom stereocenters. The predicted octanol–water partition coefficient (Wildman–Crippen LogP) is -0.202. The van der Waals surface area contributed by atoms with E-state index in [0.29, 0.717) is 18.7 Å². The molecule has 7 nitrogen and oxygen atoms in total. The molecule has 1 aromatic carbocycles. The third-order valence-corrected chi connectivity index (χ3v) is 3.43. The van der Waals surface area contributed by atoms with Gasteiger partial charge in [-0.2, -0.15) is 0 Å². The van der Waals surface area contributed by atoms with Crippen molar-refractivity contribution in [1.82, 2.24) is 4.90 Å². The number of ether oxygens (including phenoxy) is 1. The highest BCUT2D eigenvalue weighted by Gasteiger charge is 2.28. The highest BCUT2D eigenvalue weighted by Crippen LogP contribution is 2.33. The molecule has 0 unspecified atom stereocenters. The molecule has 0 saturated carbocycles. The molecule has 21 heavy (non-hydrogen) atoms. The number of carboxylic acid groups (broad SMARTS) is 1. The Labute approximate surface area is 122 Å². The van der Waals surface area contributed by atoms with E-state index >= 15 is 0 Å². The second-order valence-corrected chi connectivity index (χ2v) is 5.23. The molecule has 1 aliphatic heterocycles. The topological polar surface area (TPSA) is 110 Å². The maximum atomic E-state index is 11.3. The largest absolute Gasteiger partial charge is 0.507 e. The zero-order valence-electron chi connectivity index (χ0n) is 11.7. The maximum absolute atomic E-state index is 11.3. The molecule has 4 N–H and O–H groups in total. The average molecular weight is 295 g/mol. The first-order valence-corrected chi connectivity index (χ1v) is 6.68. The summed E-state index contributed by atoms with van der Waals surface area (Å²) >= 11 is 0. The zero-order valence-corrected chi connectivity index (χ0v) is 11.7. The van der Waals surface area contributed by atoms with E-state index in [1.54, 1.807) is 6.07 Å². The number of carboxylic acids is 1. The van der Waals surface area contributed by atoms with Gasteiger partial charge in [0.1, 0.15) is 23.2 Å². The molecule has 1 fully saturated rings. The van der Waals surface area contributed by atoms with Crippen molar-refractivity contribution >= 4 is 13.1 Å². The number of benzene rings is 1. The van der Waals surface area contributed by atoms with Crippen LogP contribution < -0.4 is 4.74 Å². The van der Waals surface area contributed by atoms with Gasteiger partial charge in [-0.15, -0.1) is 0 Å². The van der Waals surface area contributed by atoms with Crippen LogP contribution in [-0.2, 0) is 6.42 Å². The van der Waals surface area contributed by atoms with Gasteiger partial charge < -0.3 is 25.0 Å². The summed E-state index contributed by atoms with van der Waals surface area (Å²) in [7, 11) is 0.428. The summed E-state index contributed by atoms with van der Waals surface area (Å²) in [6.45, 7) is 1.41. The van der Waals surface area contributed by atoms with Crippen LogP contribution in [-0.4, -0.2) is 64.5 Å². The van der Waals surface area contributed by atoms with Gasteiger partial charge in [-0.3, -0.25) is 4.90 Å². The van der Waals surface area contributed by atoms with E-state index < -0.39 is 13.1 Å². The molecule has 0 aromatic heterocycles. The maximum Gasteiger partial charge on any atom is 0.451 e. The number of aryl methyl sites for hydroxylation is 1. The second kappa shape index (κ2) is 6.34. The highest BCUT2D eigenvalue weighted by molar-refractivity contribution is 6.41. The summed E-state index contributed by atoms with van der Waals surface area (Å²) in [6.07, 6.45) is 0.0915. The third-order valence-electron chi connectivity index (χ3n) is 3.43. The lowest BCUT2D eigenvalue weighted by atomic mass is 9.82. The summed E-state index contributed by atoms with van der Waals surface area (Å²) in [4.78, 5) is 13.4. The summed E-state index contributed by atoms with van der Waals surface area (Å²) in [5.74, 6) is -1.53. The number of nitrogens with zero attached hydrogens (tertiary/aromatic N) is 1. The third kappa shape index (κ3) is 3.66. The first-order valence-electron chi connectivity index (χ1n) is 6.68. The summed E-state index contributed by atoms with van der Waals surface area (Å²) in [5.41, 5.74) is 0.0630. The molecular weight excluding hydrogens is 277 g/mol. The Morgan fingerprint density at radius 3 is 2.62 bits per heavy atom. The van der Waals surface area contributed by atoms with Crippen LogP contribution in [0.3, 0.4) is 0 Å². The van der Waals surface area contributed by atoms with E-state index in [9.17, 15) is 15.0 Å². The van der Waals surface area contributed by atoms with Gasteiger partial charge in [0.05, 0.1) is 0 Å². The number of likely N-dealkylation sites (N-methyl/N-ethyl adjacent to an activating group) is 1. The van der Waals surface area contributed by atoms with E-state index in [1.165, 1.54) is 6.07 Å². The van der Waals surface area contributed by atoms with E-state index in [-0.39, 0.29) is 35.9 Å². The van der Waals surface area contributed by atoms with Crippen LogP contribution in [0.4, 0.5) is 0 Å². The van der Waals surface area contributed by atoms with Crippen LogP contribution in [0.5, 0.6) is 11.5 Å². The lowest BCUT2D eigenvalue weighted by Crippen LogP contribution is -2.51. The Hall–Kier alpha value is -1.77. The van der Waals surface area contributed by atoms with Gasteiger partial charge in [-0.1, -0.05) is 6.07 Å². The second-order valence-electron chi connectivity index (χ2n) is 5.23. The molecule has 114 valence electrons. The Bertz CT molecular complexity index is 530. The van der Waals surface area contributed by atoms with Crippen LogP contribution in [0.25, 0.3) is 0 Å². The van der Waals surface area contributed by atoms with Crippen molar-refractivity contribution in [3.05, 3.63) is 23.3 Å². The minimum atomic E-state index is -1.50. The standard InChI is InChI=1S/C13H18BNO6/c1-15-6-9(7-15)21-10-3-2-8(4-5-14(19)20)12(16)11(10)13(17)18/h2-3,9,16,19-20H,4-7H2,1H3,(H,17,18). The number of likely N-dealkylation sites (tertiary alicyclic amines) is 1. The van der Waals surface area contributed by atoms with Crippen LogP contribution in [0.15, 0.2) is 12.1 Å². The molecule has 8 heteroatoms. The van der Waals surface area contributed by atoms with E-state index in [4.69, 9.17) is 14.8 Å². The number of aromatic hydroxyl groups is 1. The van der Waals surface area contributed by atoms with Gasteiger partial charge in [0.25, 0.3) is 0 Å². The summed E-state index contributed by atoms with van der Waals surface area (Å²) < 4.78 is 5.59. The van der Waals surface area contributed by atoms with Crippen molar-refractivity contribution in [3.8, 4) is 11.5 Å². The summed E-state index contributed by atoms with van der Waals surface area (Å²) in [6, 6.07) is 3.04. The molecule has 2 rings (SSSR count). The number of aromatic carboxylic acids is 1. The normalized spacial score (nSPS) is 15.6. The smallest absolute Gasteiger partial charge is 0.451 e. The summed E-state index contributed by atoms with van der Waals surface area (Å²) in [5, 5.41) is 37.0. The lowest BCUT2D eigenvalue weighted by molar-refractivity contribution is 0.0367. The van der Waals surface area contributed by atoms with Crippen LogP contribution in [0, 0.1) is 0 Å². The molecule has 1 aliphatic rings. The molecule has 1 aromatic rings. The van der Waals surface area contributed by atoms with Crippen LogP contribution in [0.2, 0.25) is 6.32 Å². The molecular formula is C13H18BNO6. The fraction of sp³-hybridized carbons (Fsp3) is 0.462. The average Bonchev–Trinajstić information content (AvgIpc) is 2.35. The van der Waals surface area contributed by atoms with Gasteiger partial charge in [0, 0.05) is 13.1 Å². The highest BCUT2D eigenvalue weighted by atomic mass is 16.5. The first kappa shape index (κ1) is 15.6. The number of carbonyl (C=O) groups is 1. The van der Waals surface area contributed by atoms with Gasteiger partial charge >= 0.3 is 13.1 Å². The number of hydrogen-bond acceptors (Lipinski definition) is 6. The first-order chi connectivity index (χ1) is 9.88. The SMILES string of the molecule is CN1CC(Oc2ccc(CCB(O)O)c(O)c2C(=O)O)C1. The molecule has 1 saturated heterocycles. The van der Waals surface area contributed by atoms with Crippen molar-refractivity contribution in [2.45, 2.75) is 18.8 Å². The molecule has 0 aliphatic carbocycles. The fourth-order valence-corrected chi connectivity index (χ4v) is 2.30. The molecule has 0 bridgehead atoms. The van der Waals surface area contributed by atoms with Crippen molar-refractivity contribution in [3.63, 3.8) is 0 Å². The van der Waals surface area contributed by atoms with E-state index in [0.717, 1.165) is 0 Å². The molecule has 0 amide bonds. The molecule has 0 radical (unpaired) electrons. The van der Waals surface area contributed by atoms with Crippen molar-refractivity contribution < 1.29 is 29.8 Å². The minimum absolute atomic E-state index is 0.0141. The number of hydrogen-bond donors (Lipinski definition) is 4. The van der Waals surface area contributed by atoms with Crippen molar-refractivity contribution in [2.75, 3.05) is 20.1 Å². The van der Waals surface area contributed by atoms with Crippen molar-refractivity contribution in [2.24, 2.45) is 0 Å². The van der Waals surface area contributed by atoms with Crippen LogP contribution in [0.1, 0.15) is 15.9 Å². The minimum Gasteiger partial charge on any atom is -0.507 e. The van der Waals surface area contributed by atoms with Gasteiger partial charge in [0.15, 0.2) is 0 Å². The lowest BCUT2D eigenvalue weighted by Gasteiger charge is -2.36. The monoisotopic (exact) mass is 295 g/mol. The van der Waals surface area contributed by atoms with Gasteiger partial charge in [-0.05, 0) is 31.4 Å². The van der Waals surface area contributed by atoms with Crippen LogP contribution >= 0.6 is 0 Å². The molecule has 1 heterocycles. The van der Waals surface area contributed by atoms with E-state index in [1.807, 2.05) is 11.9 Å². The van der Waals surface area contributed by atoms with Gasteiger partial charge in [-0.25, -0.2) is 4.79 Å². The number of rotatable bonds is 6. The molecule has 0 spiro atoms. The quantitative estimate of drug-likeness (QED) is 0.538. The predicted molar refractivity (Wildman–Crippen MR) is 75.7 cm³/mol.